The van der Waals surface area contributed by atoms with Gasteiger partial charge in [-0.1, -0.05) is 6.92 Å². The second kappa shape index (κ2) is 3.10. The number of amides is 2. The van der Waals surface area contributed by atoms with Crippen LogP contribution in [0.5, 0.6) is 0 Å². The zero-order chi connectivity index (χ0) is 10.2. The van der Waals surface area contributed by atoms with Gasteiger partial charge in [0.2, 0.25) is 11.8 Å². The SMILES string of the molecule is CC1CC(=O)N(C(C)(C)CN)C1=O. The van der Waals surface area contributed by atoms with Gasteiger partial charge in [-0.2, -0.15) is 0 Å². The van der Waals surface area contributed by atoms with E-state index in [1.807, 2.05) is 0 Å². The molecule has 74 valence electrons. The first kappa shape index (κ1) is 10.2. The highest BCUT2D eigenvalue weighted by Crippen LogP contribution is 2.26. The lowest BCUT2D eigenvalue weighted by atomic mass is 10.0. The first-order chi connectivity index (χ1) is 5.90. The van der Waals surface area contributed by atoms with Crippen molar-refractivity contribution in [3.63, 3.8) is 0 Å². The molecule has 1 rings (SSSR count). The first-order valence-electron chi connectivity index (χ1n) is 4.47. The number of carbonyl (C=O) groups excluding carboxylic acids is 2. The number of rotatable bonds is 2. The monoisotopic (exact) mass is 184 g/mol. The molecular weight excluding hydrogens is 168 g/mol. The van der Waals surface area contributed by atoms with Gasteiger partial charge >= 0.3 is 0 Å². The number of nitrogens with two attached hydrogens (primary N) is 1. The number of carbonyl (C=O) groups is 2. The van der Waals surface area contributed by atoms with Gasteiger partial charge in [0.05, 0.1) is 5.54 Å². The molecule has 1 aliphatic heterocycles. The predicted octanol–water partition coefficient (Wildman–Crippen LogP) is 0.119. The molecule has 1 unspecified atom stereocenters. The minimum Gasteiger partial charge on any atom is -0.328 e. The lowest BCUT2D eigenvalue weighted by molar-refractivity contribution is -0.144. The molecule has 0 aromatic heterocycles. The predicted molar refractivity (Wildman–Crippen MR) is 48.8 cm³/mol. The van der Waals surface area contributed by atoms with Crippen LogP contribution in [0.25, 0.3) is 0 Å². The van der Waals surface area contributed by atoms with E-state index in [9.17, 15) is 9.59 Å². The van der Waals surface area contributed by atoms with Crippen molar-refractivity contribution in [3.05, 3.63) is 0 Å². The summed E-state index contributed by atoms with van der Waals surface area (Å²) in [7, 11) is 0. The summed E-state index contributed by atoms with van der Waals surface area (Å²) < 4.78 is 0. The van der Waals surface area contributed by atoms with Crippen molar-refractivity contribution >= 4 is 11.8 Å². The molecule has 13 heavy (non-hydrogen) atoms. The molecule has 4 nitrogen and oxygen atoms in total. The van der Waals surface area contributed by atoms with Crippen molar-refractivity contribution < 1.29 is 9.59 Å². The lowest BCUT2D eigenvalue weighted by Crippen LogP contribution is -2.52. The van der Waals surface area contributed by atoms with E-state index in [-0.39, 0.29) is 17.7 Å². The number of imide groups is 1. The van der Waals surface area contributed by atoms with E-state index in [1.54, 1.807) is 20.8 Å². The van der Waals surface area contributed by atoms with E-state index in [1.165, 1.54) is 4.90 Å². The topological polar surface area (TPSA) is 63.4 Å². The standard InChI is InChI=1S/C9H16N2O2/c1-6-4-7(12)11(8(6)13)9(2,3)5-10/h6H,4-5,10H2,1-3H3. The van der Waals surface area contributed by atoms with Gasteiger partial charge in [-0.25, -0.2) is 0 Å². The van der Waals surface area contributed by atoms with E-state index in [0.29, 0.717) is 13.0 Å². The smallest absolute Gasteiger partial charge is 0.233 e. The van der Waals surface area contributed by atoms with Gasteiger partial charge in [-0.05, 0) is 13.8 Å². The first-order valence-corrected chi connectivity index (χ1v) is 4.47. The summed E-state index contributed by atoms with van der Waals surface area (Å²) in [4.78, 5) is 24.3. The quantitative estimate of drug-likeness (QED) is 0.620. The highest BCUT2D eigenvalue weighted by Gasteiger charge is 2.43. The van der Waals surface area contributed by atoms with Crippen molar-refractivity contribution in [3.8, 4) is 0 Å². The molecule has 1 atom stereocenters. The summed E-state index contributed by atoms with van der Waals surface area (Å²) in [5, 5.41) is 0. The van der Waals surface area contributed by atoms with E-state index in [2.05, 4.69) is 0 Å². The highest BCUT2D eigenvalue weighted by molar-refractivity contribution is 6.04. The summed E-state index contributed by atoms with van der Waals surface area (Å²) in [5.74, 6) is -0.383. The van der Waals surface area contributed by atoms with Gasteiger partial charge in [-0.3, -0.25) is 14.5 Å². The maximum atomic E-state index is 11.6. The van der Waals surface area contributed by atoms with E-state index >= 15 is 0 Å². The number of hydrogen-bond acceptors (Lipinski definition) is 3. The molecule has 1 fully saturated rings. The van der Waals surface area contributed by atoms with Crippen LogP contribution in [-0.4, -0.2) is 28.8 Å². The van der Waals surface area contributed by atoms with Crippen LogP contribution >= 0.6 is 0 Å². The molecule has 4 heteroatoms. The molecule has 0 bridgehead atoms. The largest absolute Gasteiger partial charge is 0.328 e. The number of likely N-dealkylation sites (tertiary alicyclic amines) is 1. The average molecular weight is 184 g/mol. The normalized spacial score (nSPS) is 24.3. The molecule has 2 N–H and O–H groups in total. The number of hydrogen-bond donors (Lipinski definition) is 1. The van der Waals surface area contributed by atoms with Gasteiger partial charge in [0, 0.05) is 18.9 Å². The van der Waals surface area contributed by atoms with Crippen LogP contribution in [0.4, 0.5) is 0 Å². The Balaban J connectivity index is 2.92. The van der Waals surface area contributed by atoms with Crippen molar-refractivity contribution in [1.82, 2.24) is 4.90 Å². The molecule has 0 aromatic carbocycles. The Labute approximate surface area is 78.1 Å². The average Bonchev–Trinajstić information content (AvgIpc) is 2.27. The summed E-state index contributed by atoms with van der Waals surface area (Å²) in [5.41, 5.74) is 4.97. The zero-order valence-corrected chi connectivity index (χ0v) is 8.33. The van der Waals surface area contributed by atoms with Crippen LogP contribution in [0.3, 0.4) is 0 Å². The second-order valence-corrected chi connectivity index (χ2v) is 4.19. The third-order valence-corrected chi connectivity index (χ3v) is 2.48. The van der Waals surface area contributed by atoms with E-state index in [0.717, 1.165) is 0 Å². The van der Waals surface area contributed by atoms with Crippen LogP contribution in [0.1, 0.15) is 27.2 Å². The minimum atomic E-state index is -0.543. The molecule has 0 aromatic rings. The van der Waals surface area contributed by atoms with Crippen molar-refractivity contribution in [2.75, 3.05) is 6.54 Å². The second-order valence-electron chi connectivity index (χ2n) is 4.19. The molecular formula is C9H16N2O2. The third-order valence-electron chi connectivity index (χ3n) is 2.48. The molecule has 0 saturated carbocycles. The zero-order valence-electron chi connectivity index (χ0n) is 8.33. The van der Waals surface area contributed by atoms with Crippen molar-refractivity contribution in [2.24, 2.45) is 11.7 Å². The molecule has 0 aliphatic carbocycles. The number of nitrogens with zero attached hydrogens (tertiary/aromatic N) is 1. The fraction of sp³-hybridized carbons (Fsp3) is 0.778. The van der Waals surface area contributed by atoms with Crippen LogP contribution in [0.15, 0.2) is 0 Å². The van der Waals surface area contributed by atoms with Crippen LogP contribution < -0.4 is 5.73 Å². The van der Waals surface area contributed by atoms with Gasteiger partial charge in [0.15, 0.2) is 0 Å². The Morgan fingerprint density at radius 1 is 1.54 bits per heavy atom. The van der Waals surface area contributed by atoms with Gasteiger partial charge in [0.1, 0.15) is 0 Å². The van der Waals surface area contributed by atoms with Gasteiger partial charge < -0.3 is 5.73 Å². The Hall–Kier alpha value is -0.900. The maximum Gasteiger partial charge on any atom is 0.233 e. The Morgan fingerprint density at radius 2 is 2.08 bits per heavy atom. The van der Waals surface area contributed by atoms with Gasteiger partial charge in [0.25, 0.3) is 0 Å². The van der Waals surface area contributed by atoms with Gasteiger partial charge in [-0.15, -0.1) is 0 Å². The van der Waals surface area contributed by atoms with E-state index < -0.39 is 5.54 Å². The Kier molecular flexibility index (Phi) is 2.43. The Bertz CT molecular complexity index is 248. The molecule has 1 aliphatic rings. The lowest BCUT2D eigenvalue weighted by Gasteiger charge is -2.32. The summed E-state index contributed by atoms with van der Waals surface area (Å²) in [6.07, 6.45) is 0.322. The fourth-order valence-electron chi connectivity index (χ4n) is 1.51. The van der Waals surface area contributed by atoms with Crippen LogP contribution in [0.2, 0.25) is 0 Å². The maximum absolute atomic E-state index is 11.6. The van der Waals surface area contributed by atoms with Crippen LogP contribution in [0, 0.1) is 5.92 Å². The molecule has 1 heterocycles. The van der Waals surface area contributed by atoms with Crippen LogP contribution in [-0.2, 0) is 9.59 Å². The summed E-state index contributed by atoms with van der Waals surface area (Å²) in [6.45, 7) is 5.69. The van der Waals surface area contributed by atoms with Crippen molar-refractivity contribution in [2.45, 2.75) is 32.7 Å². The highest BCUT2D eigenvalue weighted by atomic mass is 16.2. The minimum absolute atomic E-state index is 0.0968. The Morgan fingerprint density at radius 3 is 2.38 bits per heavy atom. The van der Waals surface area contributed by atoms with E-state index in [4.69, 9.17) is 5.73 Å². The molecule has 2 amide bonds. The fourth-order valence-corrected chi connectivity index (χ4v) is 1.51. The molecule has 0 spiro atoms. The third kappa shape index (κ3) is 1.58. The van der Waals surface area contributed by atoms with Crippen molar-refractivity contribution in [1.29, 1.82) is 0 Å². The molecule has 0 radical (unpaired) electrons. The summed E-state index contributed by atoms with van der Waals surface area (Å²) in [6, 6.07) is 0. The molecule has 1 saturated heterocycles. The summed E-state index contributed by atoms with van der Waals surface area (Å²) >= 11 is 0.